The van der Waals surface area contributed by atoms with E-state index < -0.39 is 27.5 Å². The van der Waals surface area contributed by atoms with Crippen molar-refractivity contribution in [2.24, 2.45) is 0 Å². The SMILES string of the molecule is CN(Cc1cn(S(=O)(=O)c2cccc(C#N)c2)c(-c2cccnc2Cl)c1F)C(=O)OC(C)(C)C. The van der Waals surface area contributed by atoms with Gasteiger partial charge in [-0.2, -0.15) is 5.26 Å². The summed E-state index contributed by atoms with van der Waals surface area (Å²) in [5.41, 5.74) is -1.01. The first-order valence-corrected chi connectivity index (χ1v) is 11.9. The fraction of sp³-hybridized carbons (Fsp3) is 0.261. The van der Waals surface area contributed by atoms with Crippen molar-refractivity contribution < 1.29 is 22.3 Å². The van der Waals surface area contributed by atoms with Crippen molar-refractivity contribution in [1.82, 2.24) is 13.9 Å². The summed E-state index contributed by atoms with van der Waals surface area (Å²) in [7, 11) is -2.94. The van der Waals surface area contributed by atoms with Gasteiger partial charge in [0.2, 0.25) is 0 Å². The molecule has 0 atom stereocenters. The summed E-state index contributed by atoms with van der Waals surface area (Å²) in [5, 5.41) is 9.06. The maximum absolute atomic E-state index is 15.7. The molecule has 0 aliphatic carbocycles. The molecule has 3 rings (SSSR count). The topological polar surface area (TPSA) is 105 Å². The summed E-state index contributed by atoms with van der Waals surface area (Å²) < 4.78 is 48.7. The molecule has 0 saturated heterocycles. The fourth-order valence-corrected chi connectivity index (χ4v) is 4.76. The van der Waals surface area contributed by atoms with E-state index in [4.69, 9.17) is 21.6 Å². The Balaban J connectivity index is 2.17. The van der Waals surface area contributed by atoms with Crippen molar-refractivity contribution in [2.45, 2.75) is 37.8 Å². The normalized spacial score (nSPS) is 11.7. The summed E-state index contributed by atoms with van der Waals surface area (Å²) in [6.07, 6.45) is 1.77. The number of pyridine rings is 1. The molecule has 178 valence electrons. The number of carbonyl (C=O) groups is 1. The quantitative estimate of drug-likeness (QED) is 0.461. The van der Waals surface area contributed by atoms with Crippen LogP contribution < -0.4 is 0 Å². The van der Waals surface area contributed by atoms with Gasteiger partial charge in [0.05, 0.1) is 23.1 Å². The summed E-state index contributed by atoms with van der Waals surface area (Å²) in [6, 6.07) is 10.2. The van der Waals surface area contributed by atoms with E-state index in [0.29, 0.717) is 0 Å². The highest BCUT2D eigenvalue weighted by atomic mass is 35.5. The van der Waals surface area contributed by atoms with Crippen molar-refractivity contribution in [3.8, 4) is 17.3 Å². The molecule has 0 saturated carbocycles. The highest BCUT2D eigenvalue weighted by Crippen LogP contribution is 2.34. The van der Waals surface area contributed by atoms with Gasteiger partial charge in [0, 0.05) is 30.6 Å². The van der Waals surface area contributed by atoms with E-state index in [-0.39, 0.29) is 39.0 Å². The van der Waals surface area contributed by atoms with E-state index in [0.717, 1.165) is 15.1 Å². The van der Waals surface area contributed by atoms with Gasteiger partial charge in [-0.3, -0.25) is 0 Å². The van der Waals surface area contributed by atoms with Crippen molar-refractivity contribution in [2.75, 3.05) is 7.05 Å². The molecule has 0 radical (unpaired) electrons. The molecule has 3 aromatic rings. The van der Waals surface area contributed by atoms with Crippen molar-refractivity contribution in [1.29, 1.82) is 5.26 Å². The van der Waals surface area contributed by atoms with Crippen LogP contribution in [0, 0.1) is 17.1 Å². The molecule has 11 heteroatoms. The summed E-state index contributed by atoms with van der Waals surface area (Å²) >= 11 is 6.17. The molecule has 1 amide bonds. The molecule has 0 spiro atoms. The first-order valence-electron chi connectivity index (χ1n) is 10.1. The van der Waals surface area contributed by atoms with E-state index in [1.54, 1.807) is 20.8 Å². The number of nitrogens with zero attached hydrogens (tertiary/aromatic N) is 4. The smallest absolute Gasteiger partial charge is 0.410 e. The number of benzene rings is 1. The minimum atomic E-state index is -4.35. The standard InChI is InChI=1S/C23H22ClFN4O4S/c1-23(2,3)33-22(30)28(4)13-16-14-29(20(19(16)25)18-9-6-10-27-21(18)24)34(31,32)17-8-5-7-15(11-17)12-26/h5-11,14H,13H2,1-4H3. The summed E-state index contributed by atoms with van der Waals surface area (Å²) in [6.45, 7) is 4.81. The lowest BCUT2D eigenvalue weighted by molar-refractivity contribution is 0.0284. The largest absolute Gasteiger partial charge is 0.444 e. The van der Waals surface area contributed by atoms with Gasteiger partial charge in [-0.25, -0.2) is 26.6 Å². The van der Waals surface area contributed by atoms with Crippen LogP contribution in [-0.4, -0.2) is 41.0 Å². The second-order valence-corrected chi connectivity index (χ2v) is 10.6. The Bertz CT molecular complexity index is 1390. The van der Waals surface area contributed by atoms with Gasteiger partial charge in [-0.05, 0) is 51.1 Å². The van der Waals surface area contributed by atoms with Crippen molar-refractivity contribution in [3.05, 3.63) is 70.9 Å². The molecular weight excluding hydrogens is 483 g/mol. The first-order chi connectivity index (χ1) is 15.8. The Hall–Kier alpha value is -3.42. The maximum atomic E-state index is 15.7. The van der Waals surface area contributed by atoms with Gasteiger partial charge in [-0.1, -0.05) is 17.7 Å². The van der Waals surface area contributed by atoms with Crippen LogP contribution in [-0.2, 0) is 21.3 Å². The van der Waals surface area contributed by atoms with E-state index in [9.17, 15) is 13.2 Å². The number of amides is 1. The lowest BCUT2D eigenvalue weighted by atomic mass is 10.2. The van der Waals surface area contributed by atoms with Crippen LogP contribution in [0.5, 0.6) is 0 Å². The third-order valence-corrected chi connectivity index (χ3v) is 6.59. The Labute approximate surface area is 202 Å². The number of nitriles is 1. The Morgan fingerprint density at radius 2 is 2.00 bits per heavy atom. The van der Waals surface area contributed by atoms with Gasteiger partial charge < -0.3 is 9.64 Å². The Morgan fingerprint density at radius 3 is 2.62 bits per heavy atom. The van der Waals surface area contributed by atoms with E-state index in [1.807, 2.05) is 6.07 Å². The van der Waals surface area contributed by atoms with Crippen LogP contribution in [0.3, 0.4) is 0 Å². The van der Waals surface area contributed by atoms with Gasteiger partial charge in [0.15, 0.2) is 5.82 Å². The number of aromatic nitrogens is 2. The molecule has 0 fully saturated rings. The molecule has 2 heterocycles. The molecule has 0 aliphatic heterocycles. The molecule has 0 N–H and O–H groups in total. The number of halogens is 2. The third kappa shape index (κ3) is 5.21. The van der Waals surface area contributed by atoms with Gasteiger partial charge in [-0.15, -0.1) is 0 Å². The second-order valence-electron chi connectivity index (χ2n) is 8.44. The molecule has 34 heavy (non-hydrogen) atoms. The number of hydrogen-bond acceptors (Lipinski definition) is 6. The lowest BCUT2D eigenvalue weighted by Gasteiger charge is -2.24. The van der Waals surface area contributed by atoms with Crippen LogP contribution in [0.1, 0.15) is 31.9 Å². The predicted molar refractivity (Wildman–Crippen MR) is 124 cm³/mol. The van der Waals surface area contributed by atoms with E-state index in [1.165, 1.54) is 49.6 Å². The number of rotatable bonds is 5. The zero-order chi connectivity index (χ0) is 25.3. The number of carbonyl (C=O) groups excluding carboxylic acids is 1. The zero-order valence-electron chi connectivity index (χ0n) is 18.9. The average Bonchev–Trinajstić information content (AvgIpc) is 3.09. The van der Waals surface area contributed by atoms with Crippen LogP contribution in [0.2, 0.25) is 5.15 Å². The van der Waals surface area contributed by atoms with Crippen LogP contribution >= 0.6 is 11.6 Å². The summed E-state index contributed by atoms with van der Waals surface area (Å²) in [4.78, 5) is 17.2. The second kappa shape index (κ2) is 9.44. The van der Waals surface area contributed by atoms with Crippen LogP contribution in [0.4, 0.5) is 9.18 Å². The molecular formula is C23H22ClFN4O4S. The third-order valence-electron chi connectivity index (χ3n) is 4.63. The van der Waals surface area contributed by atoms with Crippen LogP contribution in [0.25, 0.3) is 11.3 Å². The predicted octanol–water partition coefficient (Wildman–Crippen LogP) is 4.82. The molecule has 1 aromatic carbocycles. The number of ether oxygens (including phenoxy) is 1. The van der Waals surface area contributed by atoms with E-state index in [2.05, 4.69) is 4.98 Å². The molecule has 0 bridgehead atoms. The van der Waals surface area contributed by atoms with Crippen LogP contribution in [0.15, 0.2) is 53.7 Å². The van der Waals surface area contributed by atoms with Gasteiger partial charge in [0.25, 0.3) is 10.0 Å². The molecule has 8 nitrogen and oxygen atoms in total. The Morgan fingerprint density at radius 1 is 1.29 bits per heavy atom. The van der Waals surface area contributed by atoms with Crippen molar-refractivity contribution in [3.63, 3.8) is 0 Å². The minimum absolute atomic E-state index is 0.0489. The molecule has 2 aromatic heterocycles. The highest BCUT2D eigenvalue weighted by Gasteiger charge is 2.30. The number of hydrogen-bond donors (Lipinski definition) is 0. The minimum Gasteiger partial charge on any atom is -0.444 e. The highest BCUT2D eigenvalue weighted by molar-refractivity contribution is 7.90. The fourth-order valence-electron chi connectivity index (χ4n) is 3.11. The summed E-state index contributed by atoms with van der Waals surface area (Å²) in [5.74, 6) is -0.884. The van der Waals surface area contributed by atoms with E-state index >= 15 is 4.39 Å². The average molecular weight is 505 g/mol. The van der Waals surface area contributed by atoms with Crippen molar-refractivity contribution >= 4 is 27.7 Å². The molecule has 0 aliphatic rings. The monoisotopic (exact) mass is 504 g/mol. The first kappa shape index (κ1) is 25.2. The Kier molecular flexibility index (Phi) is 7.00. The maximum Gasteiger partial charge on any atom is 0.410 e. The molecule has 0 unspecified atom stereocenters. The van der Waals surface area contributed by atoms with Gasteiger partial charge >= 0.3 is 6.09 Å². The van der Waals surface area contributed by atoms with Gasteiger partial charge in [0.1, 0.15) is 16.4 Å². The lowest BCUT2D eigenvalue weighted by Crippen LogP contribution is -2.33. The zero-order valence-corrected chi connectivity index (χ0v) is 20.5.